The van der Waals surface area contributed by atoms with Gasteiger partial charge in [-0.25, -0.2) is 0 Å². The number of hydrogen-bond donors (Lipinski definition) is 2. The molecule has 1 aliphatic heterocycles. The third-order valence-corrected chi connectivity index (χ3v) is 6.00. The topological polar surface area (TPSA) is 92.9 Å². The summed E-state index contributed by atoms with van der Waals surface area (Å²) in [5, 5.41) is 18.6. The number of benzene rings is 2. The molecule has 0 amide bonds. The highest BCUT2D eigenvalue weighted by molar-refractivity contribution is 7.80. The van der Waals surface area contributed by atoms with E-state index in [4.69, 9.17) is 31.2 Å². The number of thiocarbonyl (C=S) groups is 1. The van der Waals surface area contributed by atoms with Gasteiger partial charge in [0.1, 0.15) is 5.75 Å². The van der Waals surface area contributed by atoms with Crippen LogP contribution in [0.15, 0.2) is 52.7 Å². The van der Waals surface area contributed by atoms with Crippen LogP contribution in [0.4, 0.5) is 0 Å². The maximum atomic E-state index is 10.4. The zero-order valence-electron chi connectivity index (χ0n) is 19.7. The number of nitrogens with zero attached hydrogens (tertiary/aromatic N) is 3. The van der Waals surface area contributed by atoms with Crippen molar-refractivity contribution in [3.63, 3.8) is 0 Å². The number of nitrogens with one attached hydrogen (secondary N) is 1. The van der Waals surface area contributed by atoms with Gasteiger partial charge < -0.3 is 29.3 Å². The number of hydrogen-bond acceptors (Lipinski definition) is 7. The smallest absolute Gasteiger partial charge is 0.258 e. The summed E-state index contributed by atoms with van der Waals surface area (Å²) in [5.74, 6) is 2.09. The van der Waals surface area contributed by atoms with Crippen LogP contribution in [0.1, 0.15) is 44.7 Å². The molecule has 1 atom stereocenters. The van der Waals surface area contributed by atoms with Gasteiger partial charge in [-0.15, -0.1) is 0 Å². The Kier molecular flexibility index (Phi) is 7.02. The van der Waals surface area contributed by atoms with E-state index < -0.39 is 0 Å². The molecule has 1 aliphatic rings. The van der Waals surface area contributed by atoms with Crippen molar-refractivity contribution >= 4 is 22.9 Å². The molecule has 3 aromatic rings. The zero-order valence-corrected chi connectivity index (χ0v) is 20.5. The molecule has 0 saturated carbocycles. The third-order valence-electron chi connectivity index (χ3n) is 5.66. The highest BCUT2D eigenvalue weighted by Crippen LogP contribution is 2.39. The number of ether oxygens (including phenoxy) is 2. The van der Waals surface area contributed by atoms with Gasteiger partial charge in [0.25, 0.3) is 5.89 Å². The molecule has 1 aromatic heterocycles. The van der Waals surface area contributed by atoms with Gasteiger partial charge in [-0.05, 0) is 74.4 Å². The SMILES string of the molecule is CCCN1C(=S)NC(c2ccc(OC)c(O)c2)C(c2nc(-c3ccc(OCC)cc3)no2)=C1C. The van der Waals surface area contributed by atoms with Gasteiger partial charge in [-0.3, -0.25) is 0 Å². The molecule has 0 fully saturated rings. The van der Waals surface area contributed by atoms with Gasteiger partial charge in [0.05, 0.1) is 25.3 Å². The van der Waals surface area contributed by atoms with Crippen LogP contribution in [0.2, 0.25) is 0 Å². The highest BCUT2D eigenvalue weighted by atomic mass is 32.1. The molecule has 34 heavy (non-hydrogen) atoms. The van der Waals surface area contributed by atoms with Gasteiger partial charge >= 0.3 is 0 Å². The van der Waals surface area contributed by atoms with E-state index in [0.717, 1.165) is 41.1 Å². The van der Waals surface area contributed by atoms with E-state index in [1.807, 2.05) is 49.1 Å². The van der Waals surface area contributed by atoms with Crippen LogP contribution in [0, 0.1) is 0 Å². The van der Waals surface area contributed by atoms with E-state index in [1.165, 1.54) is 7.11 Å². The maximum Gasteiger partial charge on any atom is 0.258 e. The number of methoxy groups -OCH3 is 1. The Morgan fingerprint density at radius 2 is 1.94 bits per heavy atom. The third kappa shape index (κ3) is 4.56. The second-order valence-electron chi connectivity index (χ2n) is 7.85. The summed E-state index contributed by atoms with van der Waals surface area (Å²) in [4.78, 5) is 6.74. The minimum Gasteiger partial charge on any atom is -0.504 e. The van der Waals surface area contributed by atoms with Gasteiger partial charge in [-0.2, -0.15) is 4.98 Å². The molecule has 4 rings (SSSR count). The molecule has 8 nitrogen and oxygen atoms in total. The van der Waals surface area contributed by atoms with Crippen molar-refractivity contribution in [2.24, 2.45) is 0 Å². The Balaban J connectivity index is 1.76. The molecular weight excluding hydrogens is 452 g/mol. The summed E-state index contributed by atoms with van der Waals surface area (Å²) in [6.45, 7) is 7.39. The molecule has 1 unspecified atom stereocenters. The summed E-state index contributed by atoms with van der Waals surface area (Å²) in [6.07, 6.45) is 0.918. The predicted molar refractivity (Wildman–Crippen MR) is 134 cm³/mol. The second-order valence-corrected chi connectivity index (χ2v) is 8.23. The van der Waals surface area contributed by atoms with E-state index in [9.17, 15) is 5.11 Å². The van der Waals surface area contributed by atoms with E-state index in [1.54, 1.807) is 12.1 Å². The second kappa shape index (κ2) is 10.1. The molecule has 9 heteroatoms. The van der Waals surface area contributed by atoms with E-state index in [0.29, 0.717) is 29.2 Å². The van der Waals surface area contributed by atoms with Gasteiger partial charge in [0.2, 0.25) is 5.82 Å². The Hall–Kier alpha value is -3.59. The molecule has 178 valence electrons. The van der Waals surface area contributed by atoms with Gasteiger partial charge in [0, 0.05) is 17.8 Å². The highest BCUT2D eigenvalue weighted by Gasteiger charge is 2.34. The van der Waals surface area contributed by atoms with Crippen LogP contribution in [0.5, 0.6) is 17.2 Å². The Labute approximate surface area is 204 Å². The van der Waals surface area contributed by atoms with Crippen molar-refractivity contribution in [3.8, 4) is 28.6 Å². The van der Waals surface area contributed by atoms with Gasteiger partial charge in [-0.1, -0.05) is 18.1 Å². The number of phenolic OH excluding ortho intramolecular Hbond substituents is 1. The fraction of sp³-hybridized carbons (Fsp3) is 0.320. The Morgan fingerprint density at radius 1 is 1.18 bits per heavy atom. The lowest BCUT2D eigenvalue weighted by Gasteiger charge is -2.37. The van der Waals surface area contributed by atoms with Gasteiger partial charge in [0.15, 0.2) is 16.6 Å². The van der Waals surface area contributed by atoms with E-state index in [-0.39, 0.29) is 11.8 Å². The monoisotopic (exact) mass is 480 g/mol. The van der Waals surface area contributed by atoms with E-state index in [2.05, 4.69) is 17.4 Å². The standard InChI is InChI=1S/C25H28N4O4S/c1-5-13-29-15(3)21(22(26-25(29)34)17-9-12-20(31-4)19(30)14-17)24-27-23(28-33-24)16-7-10-18(11-8-16)32-6-2/h7-12,14,22,30H,5-6,13H2,1-4H3,(H,26,34). The van der Waals surface area contributed by atoms with Crippen LogP contribution in [-0.4, -0.2) is 45.5 Å². The lowest BCUT2D eigenvalue weighted by atomic mass is 9.94. The summed E-state index contributed by atoms with van der Waals surface area (Å²) < 4.78 is 16.5. The first-order valence-electron chi connectivity index (χ1n) is 11.2. The molecule has 2 heterocycles. The lowest BCUT2D eigenvalue weighted by Crippen LogP contribution is -2.46. The molecule has 0 radical (unpaired) electrons. The lowest BCUT2D eigenvalue weighted by molar-refractivity contribution is 0.340. The quantitative estimate of drug-likeness (QED) is 0.436. The van der Waals surface area contributed by atoms with Crippen molar-refractivity contribution < 1.29 is 19.1 Å². The molecule has 2 N–H and O–H groups in total. The molecular formula is C25H28N4O4S. The fourth-order valence-corrected chi connectivity index (χ4v) is 4.35. The fourth-order valence-electron chi connectivity index (χ4n) is 4.00. The summed E-state index contributed by atoms with van der Waals surface area (Å²) >= 11 is 5.66. The zero-order chi connectivity index (χ0) is 24.2. The normalized spacial score (nSPS) is 15.9. The first-order chi connectivity index (χ1) is 16.5. The van der Waals surface area contributed by atoms with Crippen LogP contribution < -0.4 is 14.8 Å². The average molecular weight is 481 g/mol. The molecule has 0 bridgehead atoms. The Morgan fingerprint density at radius 3 is 2.59 bits per heavy atom. The molecule has 2 aromatic carbocycles. The van der Waals surface area contributed by atoms with Crippen molar-refractivity contribution in [2.45, 2.75) is 33.2 Å². The largest absolute Gasteiger partial charge is 0.504 e. The van der Waals surface area contributed by atoms with Crippen molar-refractivity contribution in [2.75, 3.05) is 20.3 Å². The number of phenols is 1. The maximum absolute atomic E-state index is 10.4. The summed E-state index contributed by atoms with van der Waals surface area (Å²) in [6, 6.07) is 12.4. The van der Waals surface area contributed by atoms with Crippen LogP contribution in [0.3, 0.4) is 0 Å². The molecule has 0 spiro atoms. The van der Waals surface area contributed by atoms with Crippen molar-refractivity contribution in [1.29, 1.82) is 0 Å². The molecule has 0 saturated heterocycles. The van der Waals surface area contributed by atoms with Crippen LogP contribution >= 0.6 is 12.2 Å². The first kappa shape index (κ1) is 23.6. The van der Waals surface area contributed by atoms with Crippen molar-refractivity contribution in [1.82, 2.24) is 20.4 Å². The molecule has 0 aliphatic carbocycles. The minimum atomic E-state index is -0.383. The number of aromatic nitrogens is 2. The predicted octanol–water partition coefficient (Wildman–Crippen LogP) is 4.92. The van der Waals surface area contributed by atoms with Crippen LogP contribution in [-0.2, 0) is 0 Å². The Bertz CT molecular complexity index is 1210. The number of allylic oxidation sites excluding steroid dienone is 1. The summed E-state index contributed by atoms with van der Waals surface area (Å²) in [5.41, 5.74) is 3.34. The van der Waals surface area contributed by atoms with Crippen LogP contribution in [0.25, 0.3) is 17.0 Å². The van der Waals surface area contributed by atoms with E-state index >= 15 is 0 Å². The number of rotatable bonds is 8. The number of aromatic hydroxyl groups is 1. The van der Waals surface area contributed by atoms with Crippen molar-refractivity contribution in [3.05, 3.63) is 59.6 Å². The summed E-state index contributed by atoms with van der Waals surface area (Å²) in [7, 11) is 1.52. The minimum absolute atomic E-state index is 0.0429. The first-order valence-corrected chi connectivity index (χ1v) is 11.6. The average Bonchev–Trinajstić information content (AvgIpc) is 3.31.